The number of rotatable bonds is 3. The van der Waals surface area contributed by atoms with Gasteiger partial charge in [0.1, 0.15) is 11.6 Å². The van der Waals surface area contributed by atoms with E-state index in [4.69, 9.17) is 10.2 Å². The largest absolute Gasteiger partial charge is 0.444 e. The zero-order valence-corrected chi connectivity index (χ0v) is 11.6. The molecule has 2 aromatic rings. The number of oxazole rings is 1. The fraction of sp³-hybridized carbons (Fsp3) is 0.385. The summed E-state index contributed by atoms with van der Waals surface area (Å²) in [7, 11) is 0. The van der Waals surface area contributed by atoms with Crippen molar-refractivity contribution in [3.8, 4) is 0 Å². The van der Waals surface area contributed by atoms with Crippen molar-refractivity contribution in [3.05, 3.63) is 36.2 Å². The van der Waals surface area contributed by atoms with Gasteiger partial charge < -0.3 is 10.2 Å². The maximum Gasteiger partial charge on any atom is 0.204 e. The maximum absolute atomic E-state index is 5.72. The Labute approximate surface area is 111 Å². The second-order valence-electron chi connectivity index (χ2n) is 5.08. The molecule has 0 aliphatic carbocycles. The van der Waals surface area contributed by atoms with Crippen molar-refractivity contribution in [3.63, 3.8) is 0 Å². The van der Waals surface area contributed by atoms with Gasteiger partial charge in [-0.25, -0.2) is 9.97 Å². The van der Waals surface area contributed by atoms with E-state index >= 15 is 0 Å². The topological polar surface area (TPSA) is 64.9 Å². The second kappa shape index (κ2) is 5.02. The molecule has 18 heavy (non-hydrogen) atoms. The summed E-state index contributed by atoms with van der Waals surface area (Å²) < 4.78 is 5.72. The SMILES string of the molecule is CC(C)(C)c1cnc(CSc2ccc(N)nc2)o1. The van der Waals surface area contributed by atoms with Gasteiger partial charge >= 0.3 is 0 Å². The van der Waals surface area contributed by atoms with Crippen LogP contribution in [-0.4, -0.2) is 9.97 Å². The highest BCUT2D eigenvalue weighted by atomic mass is 32.2. The van der Waals surface area contributed by atoms with Crippen molar-refractivity contribution in [2.45, 2.75) is 36.8 Å². The summed E-state index contributed by atoms with van der Waals surface area (Å²) in [6.07, 6.45) is 3.56. The molecule has 0 fully saturated rings. The molecule has 0 spiro atoms. The van der Waals surface area contributed by atoms with Gasteiger partial charge in [-0.15, -0.1) is 11.8 Å². The van der Waals surface area contributed by atoms with Crippen LogP contribution >= 0.6 is 11.8 Å². The molecule has 2 N–H and O–H groups in total. The van der Waals surface area contributed by atoms with Crippen LogP contribution in [0, 0.1) is 0 Å². The Bertz CT molecular complexity index is 514. The Morgan fingerprint density at radius 2 is 2.00 bits per heavy atom. The first-order valence-corrected chi connectivity index (χ1v) is 6.73. The molecular weight excluding hydrogens is 246 g/mol. The normalized spacial score (nSPS) is 11.7. The molecule has 0 unspecified atom stereocenters. The predicted octanol–water partition coefficient (Wildman–Crippen LogP) is 3.24. The van der Waals surface area contributed by atoms with E-state index in [0.29, 0.717) is 11.6 Å². The molecule has 0 bridgehead atoms. The predicted molar refractivity (Wildman–Crippen MR) is 73.4 cm³/mol. The number of nitrogens with zero attached hydrogens (tertiary/aromatic N) is 2. The van der Waals surface area contributed by atoms with E-state index < -0.39 is 0 Å². The second-order valence-corrected chi connectivity index (χ2v) is 6.12. The molecule has 0 saturated carbocycles. The first-order valence-electron chi connectivity index (χ1n) is 5.74. The summed E-state index contributed by atoms with van der Waals surface area (Å²) in [6.45, 7) is 6.32. The minimum absolute atomic E-state index is 0.00132. The fourth-order valence-electron chi connectivity index (χ4n) is 1.35. The van der Waals surface area contributed by atoms with Gasteiger partial charge in [0.05, 0.1) is 11.9 Å². The lowest BCUT2D eigenvalue weighted by atomic mass is 9.94. The lowest BCUT2D eigenvalue weighted by molar-refractivity contribution is 0.391. The highest BCUT2D eigenvalue weighted by Crippen LogP contribution is 2.26. The van der Waals surface area contributed by atoms with E-state index in [0.717, 1.165) is 16.5 Å². The van der Waals surface area contributed by atoms with E-state index in [1.54, 1.807) is 30.2 Å². The molecule has 5 heteroatoms. The van der Waals surface area contributed by atoms with Crippen LogP contribution in [0.1, 0.15) is 32.4 Å². The van der Waals surface area contributed by atoms with E-state index in [9.17, 15) is 0 Å². The van der Waals surface area contributed by atoms with Crippen LogP contribution in [0.25, 0.3) is 0 Å². The molecule has 2 aromatic heterocycles. The first-order chi connectivity index (χ1) is 8.45. The van der Waals surface area contributed by atoms with Gasteiger partial charge in [-0.05, 0) is 12.1 Å². The van der Waals surface area contributed by atoms with E-state index in [2.05, 4.69) is 30.7 Å². The molecule has 0 aliphatic rings. The van der Waals surface area contributed by atoms with Crippen molar-refractivity contribution >= 4 is 17.6 Å². The molecule has 96 valence electrons. The molecule has 0 aromatic carbocycles. The van der Waals surface area contributed by atoms with Crippen LogP contribution in [0.3, 0.4) is 0 Å². The smallest absolute Gasteiger partial charge is 0.204 e. The summed E-state index contributed by atoms with van der Waals surface area (Å²) in [5.74, 6) is 2.88. The van der Waals surface area contributed by atoms with Crippen LogP contribution in [0.4, 0.5) is 5.82 Å². The van der Waals surface area contributed by atoms with Crippen LogP contribution in [0.15, 0.2) is 33.8 Å². The number of nitrogens with two attached hydrogens (primary N) is 1. The van der Waals surface area contributed by atoms with Gasteiger partial charge in [0.2, 0.25) is 5.89 Å². The van der Waals surface area contributed by atoms with Gasteiger partial charge in [-0.2, -0.15) is 0 Å². The van der Waals surface area contributed by atoms with Gasteiger partial charge in [0.25, 0.3) is 0 Å². The Hall–Kier alpha value is -1.49. The van der Waals surface area contributed by atoms with Gasteiger partial charge in [0, 0.05) is 16.5 Å². The maximum atomic E-state index is 5.72. The number of hydrogen-bond acceptors (Lipinski definition) is 5. The van der Waals surface area contributed by atoms with E-state index in [1.165, 1.54) is 0 Å². The lowest BCUT2D eigenvalue weighted by Gasteiger charge is -2.13. The molecule has 0 atom stereocenters. The highest BCUT2D eigenvalue weighted by molar-refractivity contribution is 7.98. The fourth-order valence-corrected chi connectivity index (χ4v) is 2.06. The number of nitrogen functional groups attached to an aromatic ring is 1. The molecule has 0 saturated heterocycles. The third kappa shape index (κ3) is 3.26. The van der Waals surface area contributed by atoms with Crippen LogP contribution in [-0.2, 0) is 11.2 Å². The minimum atomic E-state index is -0.00132. The Balaban J connectivity index is 1.98. The van der Waals surface area contributed by atoms with Crippen LogP contribution < -0.4 is 5.73 Å². The summed E-state index contributed by atoms with van der Waals surface area (Å²) in [5, 5.41) is 0. The monoisotopic (exact) mass is 263 g/mol. The Morgan fingerprint density at radius 3 is 2.56 bits per heavy atom. The summed E-state index contributed by atoms with van der Waals surface area (Å²) in [6, 6.07) is 3.74. The minimum Gasteiger partial charge on any atom is -0.444 e. The van der Waals surface area contributed by atoms with Crippen molar-refractivity contribution < 1.29 is 4.42 Å². The molecule has 0 amide bonds. The van der Waals surface area contributed by atoms with Crippen molar-refractivity contribution in [1.82, 2.24) is 9.97 Å². The van der Waals surface area contributed by atoms with Crippen LogP contribution in [0.2, 0.25) is 0 Å². The lowest BCUT2D eigenvalue weighted by Crippen LogP contribution is -2.09. The van der Waals surface area contributed by atoms with E-state index in [1.807, 2.05) is 6.07 Å². The first kappa shape index (κ1) is 13.0. The molecule has 2 heterocycles. The average molecular weight is 263 g/mol. The number of thioether (sulfide) groups is 1. The van der Waals surface area contributed by atoms with Gasteiger partial charge in [-0.1, -0.05) is 20.8 Å². The number of pyridine rings is 1. The Kier molecular flexibility index (Phi) is 3.61. The molecule has 0 radical (unpaired) electrons. The van der Waals surface area contributed by atoms with Crippen molar-refractivity contribution in [2.75, 3.05) is 5.73 Å². The summed E-state index contributed by atoms with van der Waals surface area (Å²) >= 11 is 1.63. The molecular formula is C13H17N3OS. The zero-order valence-electron chi connectivity index (χ0n) is 10.8. The highest BCUT2D eigenvalue weighted by Gasteiger charge is 2.19. The van der Waals surface area contributed by atoms with Crippen molar-refractivity contribution in [2.24, 2.45) is 0 Å². The van der Waals surface area contributed by atoms with Gasteiger partial charge in [-0.3, -0.25) is 0 Å². The average Bonchev–Trinajstić information content (AvgIpc) is 2.77. The van der Waals surface area contributed by atoms with Crippen LogP contribution in [0.5, 0.6) is 0 Å². The summed E-state index contributed by atoms with van der Waals surface area (Å²) in [4.78, 5) is 9.38. The number of hydrogen-bond donors (Lipinski definition) is 1. The third-order valence-electron chi connectivity index (χ3n) is 2.41. The molecule has 4 nitrogen and oxygen atoms in total. The third-order valence-corrected chi connectivity index (χ3v) is 3.38. The van der Waals surface area contributed by atoms with E-state index in [-0.39, 0.29) is 5.41 Å². The quantitative estimate of drug-likeness (QED) is 0.861. The number of anilines is 1. The summed E-state index contributed by atoms with van der Waals surface area (Å²) in [5.41, 5.74) is 5.53. The molecule has 0 aliphatic heterocycles. The zero-order chi connectivity index (χ0) is 13.2. The molecule has 2 rings (SSSR count). The standard InChI is InChI=1S/C13H17N3OS/c1-13(2,3)10-7-16-12(17-10)8-18-9-4-5-11(14)15-6-9/h4-7H,8H2,1-3H3,(H2,14,15). The Morgan fingerprint density at radius 1 is 1.22 bits per heavy atom. The van der Waals surface area contributed by atoms with Gasteiger partial charge in [0.15, 0.2) is 0 Å². The number of aromatic nitrogens is 2. The van der Waals surface area contributed by atoms with Crippen molar-refractivity contribution in [1.29, 1.82) is 0 Å².